The number of hydrogen-bond donors (Lipinski definition) is 5. The van der Waals surface area contributed by atoms with Crippen molar-refractivity contribution in [2.75, 3.05) is 35.8 Å². The molecule has 0 unspecified atom stereocenters. The van der Waals surface area contributed by atoms with E-state index in [-0.39, 0.29) is 34.0 Å². The maximum absolute atomic E-state index is 12.9. The Kier molecular flexibility index (Phi) is 7.84. The molecule has 2 aliphatic heterocycles. The van der Waals surface area contributed by atoms with Gasteiger partial charge in [-0.1, -0.05) is 17.3 Å². The number of aromatic nitrogens is 3. The highest BCUT2D eigenvalue weighted by atomic mass is 32.2. The van der Waals surface area contributed by atoms with Crippen molar-refractivity contribution in [2.45, 2.75) is 16.4 Å². The average molecular weight is 564 g/mol. The van der Waals surface area contributed by atoms with Crippen LogP contribution in [0.5, 0.6) is 0 Å². The highest BCUT2D eigenvalue weighted by molar-refractivity contribution is 8.00. The number of rotatable bonds is 9. The van der Waals surface area contributed by atoms with E-state index in [0.29, 0.717) is 22.1 Å². The lowest BCUT2D eigenvalue weighted by molar-refractivity contribution is -0.150. The zero-order valence-corrected chi connectivity index (χ0v) is 21.6. The highest BCUT2D eigenvalue weighted by Crippen LogP contribution is 2.40. The molecule has 4 heterocycles. The standard InChI is InChI=1S/C20H21N9O5S3/c1-34-28-12(9-7-37-20(23)24-9)15(30)27-13-16(31)29-14(18(32)33)8(6-36-17(13)29)3-2-4-35-11-5-10(21)25-19(22)26-11/h2-3,5,7,13,17H,4,6H2,1H3,(H2,23,24)(H,27,30)(H,32,33)(H4,21,22,25,26)/b3-2+,28-12-/t13-,17-/m1/s1. The molecule has 194 valence electrons. The molecule has 1 fully saturated rings. The Morgan fingerprint density at radius 3 is 2.78 bits per heavy atom. The quantitative estimate of drug-likeness (QED) is 0.0899. The van der Waals surface area contributed by atoms with E-state index in [4.69, 9.17) is 22.0 Å². The van der Waals surface area contributed by atoms with Gasteiger partial charge in [0.25, 0.3) is 11.8 Å². The predicted molar refractivity (Wildman–Crippen MR) is 140 cm³/mol. The Morgan fingerprint density at radius 2 is 2.14 bits per heavy atom. The molecular weight excluding hydrogens is 542 g/mol. The Balaban J connectivity index is 1.45. The maximum atomic E-state index is 12.9. The Labute approximate surface area is 222 Å². The van der Waals surface area contributed by atoms with Crippen molar-refractivity contribution in [3.05, 3.63) is 40.6 Å². The summed E-state index contributed by atoms with van der Waals surface area (Å²) in [4.78, 5) is 55.6. The third-order valence-corrected chi connectivity index (χ3v) is 7.88. The maximum Gasteiger partial charge on any atom is 0.352 e. The number of carbonyl (C=O) groups excluding carboxylic acids is 2. The summed E-state index contributed by atoms with van der Waals surface area (Å²) < 4.78 is 0. The average Bonchev–Trinajstić information content (AvgIpc) is 3.27. The van der Waals surface area contributed by atoms with Crippen molar-refractivity contribution in [1.82, 2.24) is 25.2 Å². The molecule has 8 N–H and O–H groups in total. The van der Waals surface area contributed by atoms with Crippen molar-refractivity contribution in [3.8, 4) is 0 Å². The molecular formula is C20H21N9O5S3. The minimum Gasteiger partial charge on any atom is -0.477 e. The first-order valence-corrected chi connectivity index (χ1v) is 13.3. The Bertz CT molecular complexity index is 1320. The Morgan fingerprint density at radius 1 is 1.35 bits per heavy atom. The number of nitrogen functional groups attached to an aromatic ring is 3. The number of thioether (sulfide) groups is 2. The zero-order chi connectivity index (χ0) is 26.7. The van der Waals surface area contributed by atoms with Crippen molar-refractivity contribution < 1.29 is 24.3 Å². The molecule has 2 atom stereocenters. The molecule has 2 aromatic rings. The van der Waals surface area contributed by atoms with Crippen molar-refractivity contribution in [1.29, 1.82) is 0 Å². The van der Waals surface area contributed by atoms with Crippen LogP contribution < -0.4 is 22.5 Å². The lowest BCUT2D eigenvalue weighted by atomic mass is 10.0. The van der Waals surface area contributed by atoms with E-state index in [1.165, 1.54) is 40.9 Å². The summed E-state index contributed by atoms with van der Waals surface area (Å²) in [5.41, 5.74) is 17.3. The number of carbonyl (C=O) groups is 3. The van der Waals surface area contributed by atoms with Gasteiger partial charge < -0.3 is 32.5 Å². The van der Waals surface area contributed by atoms with E-state index in [2.05, 4.69) is 25.4 Å². The van der Waals surface area contributed by atoms with E-state index in [1.807, 2.05) is 0 Å². The van der Waals surface area contributed by atoms with Crippen LogP contribution in [0.1, 0.15) is 5.69 Å². The summed E-state index contributed by atoms with van der Waals surface area (Å²) in [6.07, 6.45) is 3.41. The second kappa shape index (κ2) is 11.1. The Hall–Kier alpha value is -3.83. The second-order valence-corrected chi connectivity index (χ2v) is 10.5. The summed E-state index contributed by atoms with van der Waals surface area (Å²) in [7, 11) is 1.27. The molecule has 2 aromatic heterocycles. The number of nitrogens with zero attached hydrogens (tertiary/aromatic N) is 5. The van der Waals surface area contributed by atoms with Gasteiger partial charge in [-0.3, -0.25) is 14.5 Å². The minimum absolute atomic E-state index is 0.0614. The van der Waals surface area contributed by atoms with Gasteiger partial charge in [-0.2, -0.15) is 4.98 Å². The van der Waals surface area contributed by atoms with E-state index >= 15 is 0 Å². The predicted octanol–water partition coefficient (Wildman–Crippen LogP) is 0.117. The molecule has 0 saturated carbocycles. The fourth-order valence-corrected chi connectivity index (χ4v) is 6.12. The number of hydrogen-bond acceptors (Lipinski definition) is 14. The van der Waals surface area contributed by atoms with Gasteiger partial charge in [-0.15, -0.1) is 34.9 Å². The number of carboxylic acids is 1. The van der Waals surface area contributed by atoms with Gasteiger partial charge in [-0.05, 0) is 5.57 Å². The van der Waals surface area contributed by atoms with Gasteiger partial charge >= 0.3 is 5.97 Å². The summed E-state index contributed by atoms with van der Waals surface area (Å²) in [5.74, 6) is -1.41. The molecule has 1 saturated heterocycles. The van der Waals surface area contributed by atoms with Crippen LogP contribution >= 0.6 is 34.9 Å². The molecule has 2 aliphatic rings. The lowest BCUT2D eigenvalue weighted by Gasteiger charge is -2.49. The molecule has 0 bridgehead atoms. The number of nitrogens with two attached hydrogens (primary N) is 3. The molecule has 17 heteroatoms. The monoisotopic (exact) mass is 563 g/mol. The van der Waals surface area contributed by atoms with Crippen LogP contribution in [0.2, 0.25) is 0 Å². The van der Waals surface area contributed by atoms with E-state index in [1.54, 1.807) is 18.2 Å². The second-order valence-electron chi connectivity index (χ2n) is 7.44. The summed E-state index contributed by atoms with van der Waals surface area (Å²) in [5, 5.41) is 17.9. The smallest absolute Gasteiger partial charge is 0.352 e. The fraction of sp³-hybridized carbons (Fsp3) is 0.250. The van der Waals surface area contributed by atoms with Crippen LogP contribution in [0.4, 0.5) is 16.9 Å². The number of fused-ring (bicyclic) bond motifs is 1. The van der Waals surface area contributed by atoms with Crippen LogP contribution in [-0.2, 0) is 19.2 Å². The first-order valence-electron chi connectivity index (χ1n) is 10.4. The number of nitrogens with one attached hydrogen (secondary N) is 1. The van der Waals surface area contributed by atoms with E-state index < -0.39 is 29.2 Å². The summed E-state index contributed by atoms with van der Waals surface area (Å²) in [6.45, 7) is 0. The van der Waals surface area contributed by atoms with Crippen LogP contribution in [-0.4, -0.2) is 78.5 Å². The first-order chi connectivity index (χ1) is 17.7. The van der Waals surface area contributed by atoms with Crippen molar-refractivity contribution in [3.63, 3.8) is 0 Å². The lowest BCUT2D eigenvalue weighted by Crippen LogP contribution is -2.71. The number of oxime groups is 1. The third-order valence-electron chi connectivity index (χ3n) is 5.04. The molecule has 2 amide bonds. The zero-order valence-electron chi connectivity index (χ0n) is 19.2. The number of anilines is 3. The number of β-lactam (4-membered cyclic amide) rings is 1. The molecule has 37 heavy (non-hydrogen) atoms. The summed E-state index contributed by atoms with van der Waals surface area (Å²) >= 11 is 3.79. The molecule has 14 nitrogen and oxygen atoms in total. The number of carboxylic acid groups (broad SMARTS) is 1. The van der Waals surface area contributed by atoms with Crippen LogP contribution in [0, 0.1) is 0 Å². The molecule has 4 rings (SSSR count). The van der Waals surface area contributed by atoms with Gasteiger partial charge in [0.05, 0.1) is 0 Å². The van der Waals surface area contributed by atoms with Crippen LogP contribution in [0.15, 0.2) is 45.1 Å². The van der Waals surface area contributed by atoms with Gasteiger partial charge in [0.15, 0.2) is 10.8 Å². The van der Waals surface area contributed by atoms with Crippen LogP contribution in [0.25, 0.3) is 0 Å². The topological polar surface area (TPSA) is 225 Å². The molecule has 0 aliphatic carbocycles. The highest BCUT2D eigenvalue weighted by Gasteiger charge is 2.54. The number of amides is 2. The number of thiazole rings is 1. The normalized spacial score (nSPS) is 19.5. The molecule has 0 radical (unpaired) electrons. The number of aliphatic carboxylic acids is 1. The van der Waals surface area contributed by atoms with Crippen molar-refractivity contribution >= 4 is 75.3 Å². The fourth-order valence-electron chi connectivity index (χ4n) is 3.53. The first kappa shape index (κ1) is 26.2. The van der Waals surface area contributed by atoms with E-state index in [9.17, 15) is 19.5 Å². The molecule has 0 aromatic carbocycles. The van der Waals surface area contributed by atoms with Gasteiger partial charge in [0.2, 0.25) is 5.95 Å². The summed E-state index contributed by atoms with van der Waals surface area (Å²) in [6, 6.07) is 0.636. The SMILES string of the molecule is CO/N=C(\C(=O)N[C@@H]1C(=O)N2C(C(=O)O)=C(/C=C/CSc3cc(N)nc(N)n3)CS[C@H]12)c1csc(N)n1. The van der Waals surface area contributed by atoms with Gasteiger partial charge in [-0.25, -0.2) is 14.8 Å². The third kappa shape index (κ3) is 5.62. The van der Waals surface area contributed by atoms with Crippen molar-refractivity contribution in [2.24, 2.45) is 5.16 Å². The molecule has 0 spiro atoms. The van der Waals surface area contributed by atoms with Crippen LogP contribution in [0.3, 0.4) is 0 Å². The largest absolute Gasteiger partial charge is 0.477 e. The van der Waals surface area contributed by atoms with E-state index in [0.717, 1.165) is 11.3 Å². The minimum atomic E-state index is -1.24. The van der Waals surface area contributed by atoms with Gasteiger partial charge in [0, 0.05) is 23.0 Å². The van der Waals surface area contributed by atoms with Gasteiger partial charge in [0.1, 0.15) is 40.8 Å². The number of allylic oxidation sites excluding steroid dienone is 1.